The monoisotopic (exact) mass is 295 g/mol. The Hall–Kier alpha value is -1.10. The van der Waals surface area contributed by atoms with E-state index < -0.39 is 0 Å². The van der Waals surface area contributed by atoms with Crippen LogP contribution in [0.25, 0.3) is 0 Å². The zero-order valence-electron chi connectivity index (χ0n) is 12.1. The minimum atomic E-state index is 0.000697. The molecule has 1 heterocycles. The fraction of sp³-hybridized carbons (Fsp3) is 0.533. The molecule has 0 saturated carbocycles. The van der Waals surface area contributed by atoms with Crippen LogP contribution in [0.15, 0.2) is 12.1 Å². The summed E-state index contributed by atoms with van der Waals surface area (Å²) in [7, 11) is 0. The first-order chi connectivity index (χ1) is 9.56. The van der Waals surface area contributed by atoms with Crippen LogP contribution < -0.4 is 10.6 Å². The van der Waals surface area contributed by atoms with Crippen molar-refractivity contribution in [1.29, 1.82) is 0 Å². The Morgan fingerprint density at radius 3 is 2.90 bits per heavy atom. The van der Waals surface area contributed by atoms with E-state index in [-0.39, 0.29) is 5.91 Å². The minimum absolute atomic E-state index is 0.000697. The molecular formula is C15H22ClN3O. The van der Waals surface area contributed by atoms with E-state index in [9.17, 15) is 4.79 Å². The van der Waals surface area contributed by atoms with E-state index in [2.05, 4.69) is 15.5 Å². The fourth-order valence-electron chi connectivity index (χ4n) is 2.52. The molecule has 1 aliphatic rings. The summed E-state index contributed by atoms with van der Waals surface area (Å²) in [4.78, 5) is 14.3. The summed E-state index contributed by atoms with van der Waals surface area (Å²) in [5, 5.41) is 6.88. The number of hydrogen-bond donors (Lipinski definition) is 2. The second-order valence-corrected chi connectivity index (χ2v) is 5.77. The molecule has 0 radical (unpaired) electrons. The van der Waals surface area contributed by atoms with Gasteiger partial charge in [-0.15, -0.1) is 0 Å². The van der Waals surface area contributed by atoms with Crippen molar-refractivity contribution in [3.05, 3.63) is 28.3 Å². The predicted molar refractivity (Wildman–Crippen MR) is 83.5 cm³/mol. The molecule has 4 nitrogen and oxygen atoms in total. The Labute approximate surface area is 125 Å². The highest BCUT2D eigenvalue weighted by molar-refractivity contribution is 6.34. The number of nitrogens with zero attached hydrogens (tertiary/aromatic N) is 1. The largest absolute Gasteiger partial charge is 0.323 e. The summed E-state index contributed by atoms with van der Waals surface area (Å²) >= 11 is 6.21. The number of carbonyl (C=O) groups is 1. The molecule has 110 valence electrons. The van der Waals surface area contributed by atoms with Gasteiger partial charge in [0.25, 0.3) is 0 Å². The van der Waals surface area contributed by atoms with Crippen LogP contribution in [-0.4, -0.2) is 43.5 Å². The first-order valence-electron chi connectivity index (χ1n) is 7.06. The highest BCUT2D eigenvalue weighted by Crippen LogP contribution is 2.27. The maximum absolute atomic E-state index is 12.2. The Kier molecular flexibility index (Phi) is 5.40. The van der Waals surface area contributed by atoms with Crippen LogP contribution in [0.3, 0.4) is 0 Å². The lowest BCUT2D eigenvalue weighted by atomic mass is 10.1. The first kappa shape index (κ1) is 15.3. The predicted octanol–water partition coefficient (Wildman–Crippen LogP) is 2.19. The van der Waals surface area contributed by atoms with E-state index in [0.29, 0.717) is 11.6 Å². The summed E-state index contributed by atoms with van der Waals surface area (Å²) in [5.41, 5.74) is 2.83. The maximum Gasteiger partial charge on any atom is 0.238 e. The van der Waals surface area contributed by atoms with Crippen molar-refractivity contribution in [2.75, 3.05) is 38.0 Å². The quantitative estimate of drug-likeness (QED) is 0.898. The van der Waals surface area contributed by atoms with Crippen LogP contribution in [0.4, 0.5) is 5.69 Å². The molecule has 1 saturated heterocycles. The maximum atomic E-state index is 12.2. The number of nitrogens with one attached hydrogen (secondary N) is 2. The molecule has 5 heteroatoms. The van der Waals surface area contributed by atoms with Crippen molar-refractivity contribution in [1.82, 2.24) is 10.2 Å². The average molecular weight is 296 g/mol. The summed E-state index contributed by atoms with van der Waals surface area (Å²) in [6, 6.07) is 3.90. The molecule has 20 heavy (non-hydrogen) atoms. The molecule has 1 aromatic rings. The van der Waals surface area contributed by atoms with E-state index in [4.69, 9.17) is 11.6 Å². The van der Waals surface area contributed by atoms with Gasteiger partial charge >= 0.3 is 0 Å². The third-order valence-electron chi connectivity index (χ3n) is 3.50. The van der Waals surface area contributed by atoms with E-state index in [1.54, 1.807) is 0 Å². The van der Waals surface area contributed by atoms with Gasteiger partial charge in [0.1, 0.15) is 0 Å². The average Bonchev–Trinajstić information content (AvgIpc) is 2.62. The van der Waals surface area contributed by atoms with Crippen LogP contribution in [0, 0.1) is 13.8 Å². The standard InChI is InChI=1S/C15H22ClN3O/c1-11-8-12(2)15(13(16)9-11)18-14(20)10-19-6-3-4-17-5-7-19/h8-9,17H,3-7,10H2,1-2H3,(H,18,20). The number of rotatable bonds is 3. The molecule has 1 aliphatic heterocycles. The van der Waals surface area contributed by atoms with Crippen molar-refractivity contribution in [2.45, 2.75) is 20.3 Å². The van der Waals surface area contributed by atoms with Gasteiger partial charge in [-0.3, -0.25) is 9.69 Å². The van der Waals surface area contributed by atoms with Gasteiger partial charge in [-0.05, 0) is 50.6 Å². The highest BCUT2D eigenvalue weighted by Gasteiger charge is 2.14. The number of aryl methyl sites for hydroxylation is 2. The molecule has 2 N–H and O–H groups in total. The zero-order chi connectivity index (χ0) is 14.5. The Morgan fingerprint density at radius 1 is 1.35 bits per heavy atom. The molecule has 0 atom stereocenters. The lowest BCUT2D eigenvalue weighted by Crippen LogP contribution is -2.35. The van der Waals surface area contributed by atoms with E-state index >= 15 is 0 Å². The Bertz CT molecular complexity index is 459. The van der Waals surface area contributed by atoms with E-state index in [1.165, 1.54) is 0 Å². The van der Waals surface area contributed by atoms with Gasteiger partial charge in [0, 0.05) is 13.1 Å². The van der Waals surface area contributed by atoms with Gasteiger partial charge in [-0.2, -0.15) is 0 Å². The lowest BCUT2D eigenvalue weighted by Gasteiger charge is -2.19. The molecule has 1 fully saturated rings. The molecule has 0 aromatic heterocycles. The number of benzene rings is 1. The SMILES string of the molecule is Cc1cc(C)c(NC(=O)CN2CCCNCC2)c(Cl)c1. The number of carbonyl (C=O) groups excluding carboxylic acids is 1. The van der Waals surface area contributed by atoms with Gasteiger partial charge in [0.2, 0.25) is 5.91 Å². The molecule has 0 spiro atoms. The van der Waals surface area contributed by atoms with E-state index in [1.807, 2.05) is 26.0 Å². The molecule has 0 aliphatic carbocycles. The fourth-order valence-corrected chi connectivity index (χ4v) is 2.88. The topological polar surface area (TPSA) is 44.4 Å². The van der Waals surface area contributed by atoms with Crippen LogP contribution in [0.1, 0.15) is 17.5 Å². The third-order valence-corrected chi connectivity index (χ3v) is 3.79. The Balaban J connectivity index is 1.97. The van der Waals surface area contributed by atoms with Crippen LogP contribution >= 0.6 is 11.6 Å². The number of hydrogen-bond acceptors (Lipinski definition) is 3. The minimum Gasteiger partial charge on any atom is -0.323 e. The van der Waals surface area contributed by atoms with Crippen molar-refractivity contribution in [3.8, 4) is 0 Å². The third kappa shape index (κ3) is 4.20. The molecule has 0 unspecified atom stereocenters. The Morgan fingerprint density at radius 2 is 2.15 bits per heavy atom. The van der Waals surface area contributed by atoms with E-state index in [0.717, 1.165) is 49.4 Å². The molecular weight excluding hydrogens is 274 g/mol. The number of amides is 1. The van der Waals surface area contributed by atoms with Gasteiger partial charge in [0.05, 0.1) is 17.3 Å². The van der Waals surface area contributed by atoms with Gasteiger partial charge in [0.15, 0.2) is 0 Å². The zero-order valence-corrected chi connectivity index (χ0v) is 12.9. The van der Waals surface area contributed by atoms with Crippen molar-refractivity contribution < 1.29 is 4.79 Å². The van der Waals surface area contributed by atoms with Crippen LogP contribution in [0.2, 0.25) is 5.02 Å². The molecule has 1 amide bonds. The smallest absolute Gasteiger partial charge is 0.238 e. The van der Waals surface area contributed by atoms with Crippen LogP contribution in [0.5, 0.6) is 0 Å². The molecule has 2 rings (SSSR count). The molecule has 0 bridgehead atoms. The first-order valence-corrected chi connectivity index (χ1v) is 7.44. The van der Waals surface area contributed by atoms with Crippen LogP contribution in [-0.2, 0) is 4.79 Å². The second-order valence-electron chi connectivity index (χ2n) is 5.37. The normalized spacial score (nSPS) is 16.8. The second kappa shape index (κ2) is 7.07. The summed E-state index contributed by atoms with van der Waals surface area (Å²) in [6.45, 7) is 8.22. The van der Waals surface area contributed by atoms with Crippen molar-refractivity contribution >= 4 is 23.2 Å². The van der Waals surface area contributed by atoms with Gasteiger partial charge in [-0.25, -0.2) is 0 Å². The number of anilines is 1. The summed E-state index contributed by atoms with van der Waals surface area (Å²) in [5.74, 6) is 0.000697. The highest BCUT2D eigenvalue weighted by atomic mass is 35.5. The molecule has 1 aromatic carbocycles. The summed E-state index contributed by atoms with van der Waals surface area (Å²) < 4.78 is 0. The summed E-state index contributed by atoms with van der Waals surface area (Å²) in [6.07, 6.45) is 1.08. The lowest BCUT2D eigenvalue weighted by molar-refractivity contribution is -0.117. The van der Waals surface area contributed by atoms with Crippen molar-refractivity contribution in [2.24, 2.45) is 0 Å². The van der Waals surface area contributed by atoms with Gasteiger partial charge in [-0.1, -0.05) is 17.7 Å². The van der Waals surface area contributed by atoms with Crippen molar-refractivity contribution in [3.63, 3.8) is 0 Å². The number of halogens is 1. The van der Waals surface area contributed by atoms with Gasteiger partial charge < -0.3 is 10.6 Å².